The highest BCUT2D eigenvalue weighted by atomic mass is 32.2. The summed E-state index contributed by atoms with van der Waals surface area (Å²) in [5.41, 5.74) is -5.30. The van der Waals surface area contributed by atoms with Crippen molar-refractivity contribution in [1.82, 2.24) is 10.0 Å². The number of anilines is 1. The van der Waals surface area contributed by atoms with Gasteiger partial charge >= 0.3 is 23.7 Å². The van der Waals surface area contributed by atoms with Crippen molar-refractivity contribution in [2.45, 2.75) is 35.5 Å². The number of fused-ring (bicyclic) bond motifs is 1. The fourth-order valence-electron chi connectivity index (χ4n) is 4.03. The van der Waals surface area contributed by atoms with E-state index in [2.05, 4.69) is 9.82 Å². The quantitative estimate of drug-likeness (QED) is 0.325. The highest BCUT2D eigenvalue weighted by Gasteiger charge is 2.54. The Bertz CT molecular complexity index is 1570. The molecule has 0 spiro atoms. The van der Waals surface area contributed by atoms with E-state index < -0.39 is 62.0 Å². The molecular formula is C23H15F6N3O6S. The number of hydroxylamine groups is 2. The predicted octanol–water partition coefficient (Wildman–Crippen LogP) is 4.49. The van der Waals surface area contributed by atoms with E-state index in [1.165, 1.54) is 19.2 Å². The lowest BCUT2D eigenvalue weighted by molar-refractivity contribution is -0.231. The Kier molecular flexibility index (Phi) is 6.79. The number of carbonyl (C=O) groups excluding carboxylic acids is 3. The lowest BCUT2D eigenvalue weighted by atomic mass is 9.90. The monoisotopic (exact) mass is 575 g/mol. The van der Waals surface area contributed by atoms with Crippen LogP contribution >= 0.6 is 0 Å². The van der Waals surface area contributed by atoms with E-state index in [1.54, 1.807) is 24.3 Å². The van der Waals surface area contributed by atoms with Gasteiger partial charge in [0.05, 0.1) is 16.1 Å². The molecule has 1 aliphatic rings. The molecule has 1 aromatic heterocycles. The van der Waals surface area contributed by atoms with Gasteiger partial charge in [-0.2, -0.15) is 26.3 Å². The van der Waals surface area contributed by atoms with Crippen LogP contribution in [0, 0.1) is 0 Å². The number of hydrogen-bond donors (Lipinski definition) is 0. The summed E-state index contributed by atoms with van der Waals surface area (Å²) in [4.78, 5) is 45.7. The summed E-state index contributed by atoms with van der Waals surface area (Å²) in [5.74, 6) is -5.08. The number of aromatic nitrogens is 1. The molecule has 0 saturated carbocycles. The zero-order valence-corrected chi connectivity index (χ0v) is 20.2. The Hall–Kier alpha value is -4.21. The number of alkyl halides is 6. The minimum atomic E-state index is -5.77. The number of halogens is 6. The van der Waals surface area contributed by atoms with Crippen LogP contribution in [0.2, 0.25) is 0 Å². The summed E-state index contributed by atoms with van der Waals surface area (Å²) in [6.45, 7) is 1.38. The van der Waals surface area contributed by atoms with Crippen LogP contribution in [-0.4, -0.2) is 54.1 Å². The maximum absolute atomic E-state index is 13.4. The highest BCUT2D eigenvalue weighted by molar-refractivity contribution is 7.92. The van der Waals surface area contributed by atoms with Crippen molar-refractivity contribution in [2.75, 3.05) is 4.90 Å². The van der Waals surface area contributed by atoms with Crippen LogP contribution in [0.1, 0.15) is 18.4 Å². The summed E-state index contributed by atoms with van der Waals surface area (Å²) in [7, 11) is -5.77. The molecule has 0 bridgehead atoms. The van der Waals surface area contributed by atoms with E-state index in [9.17, 15) is 49.1 Å². The molecule has 206 valence electrons. The lowest BCUT2D eigenvalue weighted by Crippen LogP contribution is -2.43. The Morgan fingerprint density at radius 2 is 1.59 bits per heavy atom. The smallest absolute Gasteiger partial charge is 0.327 e. The predicted molar refractivity (Wildman–Crippen MR) is 120 cm³/mol. The summed E-state index contributed by atoms with van der Waals surface area (Å²) in [6, 6.07) is 6.90. The van der Waals surface area contributed by atoms with Crippen molar-refractivity contribution >= 4 is 44.3 Å². The number of amides is 3. The summed E-state index contributed by atoms with van der Waals surface area (Å²) < 4.78 is 101. The molecule has 1 aliphatic heterocycles. The molecule has 0 aliphatic carbocycles. The Balaban J connectivity index is 1.78. The number of sulfone groups is 1. The van der Waals surface area contributed by atoms with Gasteiger partial charge in [-0.25, -0.2) is 22.9 Å². The first kappa shape index (κ1) is 27.8. The molecule has 4 rings (SSSR count). The molecule has 9 nitrogen and oxygen atoms in total. The molecule has 0 radical (unpaired) electrons. The molecule has 1 fully saturated rings. The first-order chi connectivity index (χ1) is 18.1. The van der Waals surface area contributed by atoms with Crippen LogP contribution in [0.4, 0.5) is 36.8 Å². The van der Waals surface area contributed by atoms with Crippen molar-refractivity contribution in [3.8, 4) is 0 Å². The largest absolute Gasteiger partial charge is 0.501 e. The van der Waals surface area contributed by atoms with Gasteiger partial charge in [-0.05, 0) is 42.0 Å². The van der Waals surface area contributed by atoms with E-state index in [0.29, 0.717) is 40.7 Å². The van der Waals surface area contributed by atoms with Crippen LogP contribution in [-0.2, 0) is 24.3 Å². The van der Waals surface area contributed by atoms with Gasteiger partial charge in [0.2, 0.25) is 0 Å². The number of pyridine rings is 1. The normalized spacial score (nSPS) is 17.6. The first-order valence-corrected chi connectivity index (χ1v) is 12.3. The fraction of sp³-hybridized carbons (Fsp3) is 0.217. The van der Waals surface area contributed by atoms with Crippen LogP contribution in [0.25, 0.3) is 10.9 Å². The molecule has 16 heteroatoms. The molecule has 2 atom stereocenters. The second-order valence-electron chi connectivity index (χ2n) is 8.25. The fourth-order valence-corrected chi connectivity index (χ4v) is 4.79. The third-order valence-electron chi connectivity index (χ3n) is 5.88. The minimum absolute atomic E-state index is 0.0571. The number of urea groups is 1. The third-order valence-corrected chi connectivity index (χ3v) is 7.38. The van der Waals surface area contributed by atoms with Gasteiger partial charge in [0.25, 0.3) is 15.7 Å². The number of nitrogens with zero attached hydrogens (tertiary/aromatic N) is 3. The number of hydrogen-bond acceptors (Lipinski definition) is 7. The van der Waals surface area contributed by atoms with Gasteiger partial charge in [0, 0.05) is 17.5 Å². The molecule has 0 unspecified atom stereocenters. The molecular weight excluding hydrogens is 560 g/mol. The Labute approximate surface area is 215 Å². The second-order valence-corrected chi connectivity index (χ2v) is 10.2. The standard InChI is InChI=1S/C23H15F6N3O6S/c1-12(15-10-11-30-17-5-3-2-4-16(15)17)18-19(33)31(21(35)32(18)38-20(34)22(24,25)26)13-6-8-14(9-7-13)39(36,37)23(27,28)29/h2-12,18H,1H3/t12-,18-/m0/s1. The maximum atomic E-state index is 13.4. The molecule has 3 amide bonds. The summed E-state index contributed by atoms with van der Waals surface area (Å²) in [5, 5.41) is 0.424. The topological polar surface area (TPSA) is 114 Å². The second kappa shape index (κ2) is 9.52. The maximum Gasteiger partial charge on any atom is 0.501 e. The van der Waals surface area contributed by atoms with Crippen LogP contribution < -0.4 is 4.90 Å². The zero-order chi connectivity index (χ0) is 28.9. The average molecular weight is 575 g/mol. The van der Waals surface area contributed by atoms with E-state index in [0.717, 1.165) is 0 Å². The zero-order valence-electron chi connectivity index (χ0n) is 19.4. The van der Waals surface area contributed by atoms with Crippen LogP contribution in [0.3, 0.4) is 0 Å². The van der Waals surface area contributed by atoms with Crippen LogP contribution in [0.15, 0.2) is 65.7 Å². The summed E-state index contributed by atoms with van der Waals surface area (Å²) >= 11 is 0. The van der Waals surface area contributed by atoms with Crippen molar-refractivity contribution in [2.24, 2.45) is 0 Å². The number of imide groups is 1. The molecule has 1 saturated heterocycles. The minimum Gasteiger partial charge on any atom is -0.327 e. The lowest BCUT2D eigenvalue weighted by Gasteiger charge is -2.26. The molecule has 0 N–H and O–H groups in total. The van der Waals surface area contributed by atoms with E-state index in [1.807, 2.05) is 0 Å². The third kappa shape index (κ3) is 4.86. The van der Waals surface area contributed by atoms with E-state index >= 15 is 0 Å². The Morgan fingerprint density at radius 1 is 0.974 bits per heavy atom. The molecule has 2 aromatic carbocycles. The average Bonchev–Trinajstić information content (AvgIpc) is 3.11. The number of rotatable bonds is 5. The van der Waals surface area contributed by atoms with Crippen LogP contribution in [0.5, 0.6) is 0 Å². The van der Waals surface area contributed by atoms with Gasteiger partial charge in [-0.15, -0.1) is 5.06 Å². The van der Waals surface area contributed by atoms with Crippen molar-refractivity contribution in [1.29, 1.82) is 0 Å². The van der Waals surface area contributed by atoms with Gasteiger partial charge in [0.1, 0.15) is 0 Å². The van der Waals surface area contributed by atoms with E-state index in [-0.39, 0.29) is 9.96 Å². The van der Waals surface area contributed by atoms with E-state index in [4.69, 9.17) is 0 Å². The van der Waals surface area contributed by atoms with Crippen molar-refractivity contribution in [3.63, 3.8) is 0 Å². The van der Waals surface area contributed by atoms with Crippen molar-refractivity contribution < 1.29 is 54.0 Å². The first-order valence-electron chi connectivity index (χ1n) is 10.8. The van der Waals surface area contributed by atoms with Gasteiger partial charge < -0.3 is 4.84 Å². The number of carbonyl (C=O) groups is 3. The summed E-state index contributed by atoms with van der Waals surface area (Å²) in [6.07, 6.45) is -4.18. The Morgan fingerprint density at radius 3 is 2.18 bits per heavy atom. The van der Waals surface area contributed by atoms with Gasteiger partial charge in [0.15, 0.2) is 6.04 Å². The SMILES string of the molecule is C[C@@H](c1ccnc2ccccc12)[C@H]1C(=O)N(c2ccc(S(=O)(=O)C(F)(F)F)cc2)C(=O)N1OC(=O)C(F)(F)F. The van der Waals surface area contributed by atoms with Crippen molar-refractivity contribution in [3.05, 3.63) is 66.4 Å². The van der Waals surface area contributed by atoms with Gasteiger partial charge in [-0.1, -0.05) is 25.1 Å². The molecule has 2 heterocycles. The van der Waals surface area contributed by atoms with Gasteiger partial charge in [-0.3, -0.25) is 9.78 Å². The molecule has 3 aromatic rings. The highest BCUT2D eigenvalue weighted by Crippen LogP contribution is 2.37. The number of benzene rings is 2. The molecule has 39 heavy (non-hydrogen) atoms. The number of para-hydroxylation sites is 1.